The van der Waals surface area contributed by atoms with E-state index in [2.05, 4.69) is 5.32 Å². The van der Waals surface area contributed by atoms with Gasteiger partial charge in [0, 0.05) is 36.7 Å². The summed E-state index contributed by atoms with van der Waals surface area (Å²) in [5, 5.41) is 3.62. The molecule has 5 rings (SSSR count). The summed E-state index contributed by atoms with van der Waals surface area (Å²) in [5.74, 6) is -1.40. The van der Waals surface area contributed by atoms with Crippen LogP contribution in [0.3, 0.4) is 0 Å². The van der Waals surface area contributed by atoms with Gasteiger partial charge in [-0.15, -0.1) is 0 Å². The molecule has 3 aliphatic rings. The molecule has 0 spiro atoms. The third kappa shape index (κ3) is 8.19. The molecule has 12 heteroatoms. The van der Waals surface area contributed by atoms with Crippen LogP contribution in [0.15, 0.2) is 28.7 Å². The molecule has 2 saturated carbocycles. The molecule has 0 radical (unpaired) electrons. The molecule has 264 valence electrons. The predicted molar refractivity (Wildman–Crippen MR) is 176 cm³/mol. The van der Waals surface area contributed by atoms with Crippen LogP contribution in [-0.2, 0) is 28.6 Å². The maximum Gasteiger partial charge on any atom is 0.377 e. The number of halogens is 1. The molecule has 2 heterocycles. The highest BCUT2D eigenvalue weighted by atomic mass is 19.1. The molecule has 0 bridgehead atoms. The van der Waals surface area contributed by atoms with Gasteiger partial charge in [-0.3, -0.25) is 14.4 Å². The second kappa shape index (κ2) is 15.4. The molecule has 1 aromatic carbocycles. The van der Waals surface area contributed by atoms with Crippen LogP contribution in [0.4, 0.5) is 10.1 Å². The number of benzene rings is 1. The number of hydrogen-bond acceptors (Lipinski definition) is 9. The van der Waals surface area contributed by atoms with E-state index in [1.54, 1.807) is 51.0 Å². The Morgan fingerprint density at radius 3 is 2.35 bits per heavy atom. The average molecular weight is 672 g/mol. The molecule has 3 fully saturated rings. The van der Waals surface area contributed by atoms with Crippen molar-refractivity contribution in [1.82, 2.24) is 4.90 Å². The van der Waals surface area contributed by atoms with Gasteiger partial charge in [0.25, 0.3) is 0 Å². The highest BCUT2D eigenvalue weighted by molar-refractivity contribution is 6.00. The minimum atomic E-state index is -0.787. The lowest BCUT2D eigenvalue weighted by Crippen LogP contribution is -2.50. The summed E-state index contributed by atoms with van der Waals surface area (Å²) in [4.78, 5) is 54.4. The summed E-state index contributed by atoms with van der Waals surface area (Å²) in [6.07, 6.45) is 7.43. The summed E-state index contributed by atoms with van der Waals surface area (Å²) in [6.45, 7) is 4.51. The zero-order valence-electron chi connectivity index (χ0n) is 28.5. The molecule has 1 saturated heterocycles. The Labute approximate surface area is 281 Å². The van der Waals surface area contributed by atoms with Gasteiger partial charge in [0.2, 0.25) is 24.4 Å². The SMILES string of the molecule is COC1CCC([C@@H]2CCN(C(=O)[C@H]3CC[C@H]([C@H](N)CF)CC3)[C@@H]2C(=O)Nc2ccc3oc(C(=O)OCOC(=O)C(C)(C)C)cc3c2)CC1. The minimum Gasteiger partial charge on any atom is -0.449 e. The highest BCUT2D eigenvalue weighted by Gasteiger charge is 2.47. The zero-order chi connectivity index (χ0) is 34.6. The summed E-state index contributed by atoms with van der Waals surface area (Å²) >= 11 is 0. The van der Waals surface area contributed by atoms with Gasteiger partial charge in [-0.1, -0.05) is 0 Å². The van der Waals surface area contributed by atoms with E-state index in [1.807, 2.05) is 0 Å². The number of alkyl halides is 1. The van der Waals surface area contributed by atoms with Crippen LogP contribution in [0.1, 0.15) is 89.1 Å². The Morgan fingerprint density at radius 1 is 1.00 bits per heavy atom. The topological polar surface area (TPSA) is 150 Å². The van der Waals surface area contributed by atoms with Crippen molar-refractivity contribution in [2.45, 2.75) is 96.7 Å². The van der Waals surface area contributed by atoms with E-state index in [4.69, 9.17) is 24.4 Å². The quantitative estimate of drug-likeness (QED) is 0.243. The lowest BCUT2D eigenvalue weighted by atomic mass is 9.75. The highest BCUT2D eigenvalue weighted by Crippen LogP contribution is 2.42. The van der Waals surface area contributed by atoms with Crippen molar-refractivity contribution in [2.75, 3.05) is 32.4 Å². The van der Waals surface area contributed by atoms with Gasteiger partial charge >= 0.3 is 11.9 Å². The summed E-state index contributed by atoms with van der Waals surface area (Å²) < 4.78 is 34.5. The standard InChI is InChI=1S/C36H50FN3O8/c1-36(2,3)35(44)47-20-46-34(43)30-18-24-17-25(11-14-29(24)48-30)39-32(41)31-27(21-9-12-26(45-4)13-10-21)15-16-40(31)33(42)23-7-5-22(6-8-23)28(38)19-37/h11,14,17-18,21-23,26-28,31H,5-10,12-13,15-16,19-20,38H2,1-4H3,(H,39,41)/t21?,22-,23-,26?,27-,28+,31-/m0/s1. The van der Waals surface area contributed by atoms with Crippen LogP contribution in [0.25, 0.3) is 11.0 Å². The molecular formula is C36H50FN3O8. The number of nitrogens with one attached hydrogen (secondary N) is 1. The molecule has 1 aromatic heterocycles. The van der Waals surface area contributed by atoms with Crippen LogP contribution in [0, 0.1) is 29.1 Å². The average Bonchev–Trinajstić information content (AvgIpc) is 3.72. The fourth-order valence-electron chi connectivity index (χ4n) is 7.66. The van der Waals surface area contributed by atoms with Gasteiger partial charge in [-0.25, -0.2) is 9.18 Å². The number of rotatable bonds is 10. The Hall–Kier alpha value is -3.51. The lowest BCUT2D eigenvalue weighted by molar-refractivity contribution is -0.161. The fourth-order valence-corrected chi connectivity index (χ4v) is 7.66. The number of ether oxygens (including phenoxy) is 3. The van der Waals surface area contributed by atoms with Gasteiger partial charge < -0.3 is 34.6 Å². The molecule has 3 atom stereocenters. The van der Waals surface area contributed by atoms with Crippen molar-refractivity contribution < 1.29 is 42.2 Å². The van der Waals surface area contributed by atoms with Crippen molar-refractivity contribution in [3.05, 3.63) is 30.0 Å². The zero-order valence-corrected chi connectivity index (χ0v) is 28.5. The molecule has 1 aliphatic heterocycles. The summed E-state index contributed by atoms with van der Waals surface area (Å²) in [5.41, 5.74) is 6.16. The van der Waals surface area contributed by atoms with E-state index in [0.717, 1.165) is 32.1 Å². The molecule has 2 aromatic rings. The van der Waals surface area contributed by atoms with Crippen molar-refractivity contribution in [1.29, 1.82) is 0 Å². The number of carbonyl (C=O) groups is 4. The Balaban J connectivity index is 1.28. The molecule has 3 N–H and O–H groups in total. The van der Waals surface area contributed by atoms with E-state index >= 15 is 0 Å². The molecule has 2 amide bonds. The molecule has 0 unspecified atom stereocenters. The smallest absolute Gasteiger partial charge is 0.377 e. The van der Waals surface area contributed by atoms with Crippen molar-refractivity contribution >= 4 is 40.4 Å². The van der Waals surface area contributed by atoms with Crippen LogP contribution in [0.5, 0.6) is 0 Å². The van der Waals surface area contributed by atoms with E-state index in [0.29, 0.717) is 54.8 Å². The third-order valence-corrected chi connectivity index (χ3v) is 10.5. The number of furan rings is 1. The number of hydrogen-bond donors (Lipinski definition) is 2. The Bertz CT molecular complexity index is 1450. The van der Waals surface area contributed by atoms with Crippen LogP contribution in [0.2, 0.25) is 0 Å². The number of likely N-dealkylation sites (tertiary alicyclic amines) is 1. The van der Waals surface area contributed by atoms with E-state index in [1.165, 1.54) is 6.07 Å². The van der Waals surface area contributed by atoms with Gasteiger partial charge in [0.1, 0.15) is 18.3 Å². The largest absolute Gasteiger partial charge is 0.449 e. The normalized spacial score (nSPS) is 27.0. The van der Waals surface area contributed by atoms with E-state index in [9.17, 15) is 23.6 Å². The predicted octanol–water partition coefficient (Wildman–Crippen LogP) is 5.60. The number of carbonyl (C=O) groups excluding carboxylic acids is 4. The van der Waals surface area contributed by atoms with Gasteiger partial charge in [-0.2, -0.15) is 0 Å². The van der Waals surface area contributed by atoms with Gasteiger partial charge in [0.15, 0.2) is 0 Å². The first-order chi connectivity index (χ1) is 22.9. The van der Waals surface area contributed by atoms with E-state index < -0.39 is 42.9 Å². The molecular weight excluding hydrogens is 621 g/mol. The maximum absolute atomic E-state index is 14.1. The first-order valence-corrected chi connectivity index (χ1v) is 17.2. The van der Waals surface area contributed by atoms with Crippen LogP contribution in [-0.4, -0.2) is 74.0 Å². The van der Waals surface area contributed by atoms with Crippen molar-refractivity contribution in [3.63, 3.8) is 0 Å². The number of amides is 2. The molecule has 2 aliphatic carbocycles. The van der Waals surface area contributed by atoms with Crippen LogP contribution < -0.4 is 11.1 Å². The first-order valence-electron chi connectivity index (χ1n) is 17.2. The number of esters is 2. The number of nitrogens with two attached hydrogens (primary N) is 1. The second-order valence-electron chi connectivity index (χ2n) is 14.7. The van der Waals surface area contributed by atoms with Crippen molar-refractivity contribution in [3.8, 4) is 0 Å². The third-order valence-electron chi connectivity index (χ3n) is 10.5. The summed E-state index contributed by atoms with van der Waals surface area (Å²) in [6, 6.07) is 5.45. The number of nitrogens with zero attached hydrogens (tertiary/aromatic N) is 1. The Morgan fingerprint density at radius 2 is 1.71 bits per heavy atom. The first kappa shape index (κ1) is 35.8. The molecule has 48 heavy (non-hydrogen) atoms. The van der Waals surface area contributed by atoms with Gasteiger partial charge in [0.05, 0.1) is 11.5 Å². The lowest BCUT2D eigenvalue weighted by Gasteiger charge is -2.37. The van der Waals surface area contributed by atoms with E-state index in [-0.39, 0.29) is 41.4 Å². The van der Waals surface area contributed by atoms with Crippen molar-refractivity contribution in [2.24, 2.45) is 34.8 Å². The summed E-state index contributed by atoms with van der Waals surface area (Å²) in [7, 11) is 1.74. The monoisotopic (exact) mass is 671 g/mol. The fraction of sp³-hybridized carbons (Fsp3) is 0.667. The maximum atomic E-state index is 14.1. The number of methoxy groups -OCH3 is 1. The van der Waals surface area contributed by atoms with Gasteiger partial charge in [-0.05, 0) is 121 Å². The van der Waals surface area contributed by atoms with Crippen LogP contribution >= 0.6 is 0 Å². The number of anilines is 1. The minimum absolute atomic E-state index is 0.00267. The number of fused-ring (bicyclic) bond motifs is 1. The Kier molecular flexibility index (Phi) is 11.5. The molecule has 11 nitrogen and oxygen atoms in total. The second-order valence-corrected chi connectivity index (χ2v) is 14.7.